The first-order valence-corrected chi connectivity index (χ1v) is 13.4. The zero-order chi connectivity index (χ0) is 26.7. The fourth-order valence-electron chi connectivity index (χ4n) is 5.87. The number of halogens is 5. The van der Waals surface area contributed by atoms with Gasteiger partial charge in [-0.1, -0.05) is 54.6 Å². The van der Waals surface area contributed by atoms with Gasteiger partial charge in [0.1, 0.15) is 5.82 Å². The Labute approximate surface area is 221 Å². The van der Waals surface area contributed by atoms with Crippen LogP contribution in [0.3, 0.4) is 0 Å². The highest BCUT2D eigenvalue weighted by molar-refractivity contribution is 5.99. The number of fused-ring (bicyclic) bond motifs is 1. The predicted octanol–water partition coefficient (Wildman–Crippen LogP) is 8.06. The molecule has 2 aliphatic rings. The van der Waals surface area contributed by atoms with Gasteiger partial charge in [0.05, 0.1) is 13.1 Å². The molecular formula is C32H32F5N. The minimum atomic E-state index is -4.48. The molecule has 1 heterocycles. The van der Waals surface area contributed by atoms with E-state index in [9.17, 15) is 22.0 Å². The molecule has 6 heteroatoms. The third-order valence-corrected chi connectivity index (χ3v) is 7.65. The summed E-state index contributed by atoms with van der Waals surface area (Å²) in [5.74, 6) is -0.258. The van der Waals surface area contributed by atoms with E-state index in [1.807, 2.05) is 12.1 Å². The molecule has 0 spiro atoms. The highest BCUT2D eigenvalue weighted by Crippen LogP contribution is 2.40. The predicted molar refractivity (Wildman–Crippen MR) is 142 cm³/mol. The molecule has 1 aliphatic heterocycles. The van der Waals surface area contributed by atoms with Gasteiger partial charge in [-0.15, -0.1) is 0 Å². The van der Waals surface area contributed by atoms with Gasteiger partial charge in [0.15, 0.2) is 0 Å². The van der Waals surface area contributed by atoms with Crippen molar-refractivity contribution in [3.05, 3.63) is 106 Å². The van der Waals surface area contributed by atoms with Crippen LogP contribution in [0.2, 0.25) is 0 Å². The highest BCUT2D eigenvalue weighted by Gasteiger charge is 2.30. The van der Waals surface area contributed by atoms with E-state index in [4.69, 9.17) is 0 Å². The summed E-state index contributed by atoms with van der Waals surface area (Å²) in [5.41, 5.74) is 6.82. The van der Waals surface area contributed by atoms with E-state index < -0.39 is 18.4 Å². The smallest absolute Gasteiger partial charge is 0.303 e. The van der Waals surface area contributed by atoms with Crippen molar-refractivity contribution >= 4 is 11.1 Å². The first kappa shape index (κ1) is 26.6. The van der Waals surface area contributed by atoms with Crippen LogP contribution in [0.25, 0.3) is 11.1 Å². The van der Waals surface area contributed by atoms with E-state index in [0.29, 0.717) is 24.3 Å². The molecule has 3 aromatic carbocycles. The Morgan fingerprint density at radius 1 is 0.868 bits per heavy atom. The third kappa shape index (κ3) is 6.17. The van der Waals surface area contributed by atoms with Gasteiger partial charge >= 0.3 is 6.18 Å². The SMILES string of the molecule is FCCCN1CC(Cc2ccc(C3=C(c4ccc(F)c(CC(F)(F)F)c4)CCCc4ccccc43)cc2)C1. The molecule has 0 amide bonds. The average Bonchev–Trinajstić information content (AvgIpc) is 3.06. The minimum absolute atomic E-state index is 0.273. The Bertz CT molecular complexity index is 1290. The number of benzene rings is 3. The summed E-state index contributed by atoms with van der Waals surface area (Å²) in [6, 6.07) is 20.8. The standard InChI is InChI=1S/C32H32F5N/c33-15-4-16-38-20-23(21-38)17-22-9-11-25(12-10-22)31-28-7-2-1-5-24(28)6-3-8-29(31)26-13-14-30(34)27(18-26)19-32(35,36)37/h1-2,5,7,9-14,18,23H,3-4,6,8,15-17,19-21H2. The van der Waals surface area contributed by atoms with Crippen molar-refractivity contribution in [2.24, 2.45) is 5.92 Å². The second-order valence-electron chi connectivity index (χ2n) is 10.5. The quantitative estimate of drug-likeness (QED) is 0.269. The van der Waals surface area contributed by atoms with Crippen molar-refractivity contribution < 1.29 is 22.0 Å². The van der Waals surface area contributed by atoms with Gasteiger partial charge in [0.2, 0.25) is 0 Å². The van der Waals surface area contributed by atoms with Gasteiger partial charge < -0.3 is 4.90 Å². The number of hydrogen-bond acceptors (Lipinski definition) is 1. The number of allylic oxidation sites excluding steroid dienone is 1. The van der Waals surface area contributed by atoms with Crippen LogP contribution in [-0.4, -0.2) is 37.4 Å². The molecule has 1 fully saturated rings. The van der Waals surface area contributed by atoms with Crippen molar-refractivity contribution in [1.29, 1.82) is 0 Å². The topological polar surface area (TPSA) is 3.24 Å². The van der Waals surface area contributed by atoms with E-state index in [1.165, 1.54) is 17.2 Å². The summed E-state index contributed by atoms with van der Waals surface area (Å²) < 4.78 is 66.2. The average molecular weight is 526 g/mol. The lowest BCUT2D eigenvalue weighted by atomic mass is 9.86. The van der Waals surface area contributed by atoms with Crippen LogP contribution in [-0.2, 0) is 19.3 Å². The van der Waals surface area contributed by atoms with Crippen LogP contribution in [0.4, 0.5) is 22.0 Å². The molecule has 0 saturated carbocycles. The first-order valence-electron chi connectivity index (χ1n) is 13.4. The van der Waals surface area contributed by atoms with Crippen molar-refractivity contribution in [3.63, 3.8) is 0 Å². The number of aryl methyl sites for hydroxylation is 1. The molecule has 0 atom stereocenters. The molecule has 3 aromatic rings. The van der Waals surface area contributed by atoms with Crippen LogP contribution in [0, 0.1) is 11.7 Å². The van der Waals surface area contributed by atoms with Crippen LogP contribution in [0.15, 0.2) is 66.7 Å². The van der Waals surface area contributed by atoms with Gasteiger partial charge in [0.25, 0.3) is 0 Å². The maximum absolute atomic E-state index is 14.3. The fourth-order valence-corrected chi connectivity index (χ4v) is 5.87. The highest BCUT2D eigenvalue weighted by atomic mass is 19.4. The molecule has 200 valence electrons. The van der Waals surface area contributed by atoms with Gasteiger partial charge in [-0.05, 0) is 94.7 Å². The van der Waals surface area contributed by atoms with Gasteiger partial charge in [-0.25, -0.2) is 4.39 Å². The molecule has 38 heavy (non-hydrogen) atoms. The second-order valence-corrected chi connectivity index (χ2v) is 10.5. The number of hydrogen-bond donors (Lipinski definition) is 0. The molecule has 0 radical (unpaired) electrons. The molecular weight excluding hydrogens is 493 g/mol. The Morgan fingerprint density at radius 3 is 2.34 bits per heavy atom. The van der Waals surface area contributed by atoms with Crippen LogP contribution in [0.5, 0.6) is 0 Å². The third-order valence-electron chi connectivity index (χ3n) is 7.65. The minimum Gasteiger partial charge on any atom is -0.303 e. The molecule has 0 N–H and O–H groups in total. The zero-order valence-electron chi connectivity index (χ0n) is 21.3. The Morgan fingerprint density at radius 2 is 1.61 bits per heavy atom. The van der Waals surface area contributed by atoms with E-state index in [-0.39, 0.29) is 12.2 Å². The lowest BCUT2D eigenvalue weighted by Gasteiger charge is -2.39. The monoisotopic (exact) mass is 525 g/mol. The first-order chi connectivity index (χ1) is 18.3. The number of likely N-dealkylation sites (tertiary alicyclic amines) is 1. The summed E-state index contributed by atoms with van der Waals surface area (Å²) in [4.78, 5) is 2.29. The van der Waals surface area contributed by atoms with E-state index >= 15 is 0 Å². The molecule has 5 rings (SSSR count). The lowest BCUT2D eigenvalue weighted by molar-refractivity contribution is -0.127. The summed E-state index contributed by atoms with van der Waals surface area (Å²) in [6.07, 6.45) is -1.78. The Hall–Kier alpha value is -2.99. The largest absolute Gasteiger partial charge is 0.393 e. The lowest BCUT2D eigenvalue weighted by Crippen LogP contribution is -2.47. The number of nitrogens with zero attached hydrogens (tertiary/aromatic N) is 1. The summed E-state index contributed by atoms with van der Waals surface area (Å²) in [7, 11) is 0. The number of rotatable bonds is 8. The van der Waals surface area contributed by atoms with Crippen LogP contribution in [0.1, 0.15) is 52.6 Å². The fraction of sp³-hybridized carbons (Fsp3) is 0.375. The molecule has 1 aliphatic carbocycles. The van der Waals surface area contributed by atoms with Crippen LogP contribution < -0.4 is 0 Å². The van der Waals surface area contributed by atoms with Crippen molar-refractivity contribution in [2.45, 2.75) is 44.7 Å². The van der Waals surface area contributed by atoms with Crippen molar-refractivity contribution in [1.82, 2.24) is 4.90 Å². The van der Waals surface area contributed by atoms with Crippen LogP contribution >= 0.6 is 0 Å². The molecule has 1 saturated heterocycles. The second kappa shape index (κ2) is 11.4. The van der Waals surface area contributed by atoms with Crippen molar-refractivity contribution in [3.8, 4) is 0 Å². The molecule has 0 unspecified atom stereocenters. The Balaban J connectivity index is 1.48. The maximum atomic E-state index is 14.3. The summed E-state index contributed by atoms with van der Waals surface area (Å²) in [6.45, 7) is 2.53. The number of alkyl halides is 4. The Kier molecular flexibility index (Phi) is 7.98. The van der Waals surface area contributed by atoms with Gasteiger partial charge in [-0.3, -0.25) is 4.39 Å². The van der Waals surface area contributed by atoms with Crippen molar-refractivity contribution in [2.75, 3.05) is 26.3 Å². The van der Waals surface area contributed by atoms with E-state index in [1.54, 1.807) is 6.07 Å². The normalized spacial score (nSPS) is 16.8. The molecule has 0 bridgehead atoms. The molecule has 0 aromatic heterocycles. The zero-order valence-corrected chi connectivity index (χ0v) is 21.3. The van der Waals surface area contributed by atoms with E-state index in [2.05, 4.69) is 41.3 Å². The summed E-state index contributed by atoms with van der Waals surface area (Å²) in [5, 5.41) is 0. The summed E-state index contributed by atoms with van der Waals surface area (Å²) >= 11 is 0. The maximum Gasteiger partial charge on any atom is 0.393 e. The molecule has 1 nitrogen and oxygen atoms in total. The van der Waals surface area contributed by atoms with Gasteiger partial charge in [0, 0.05) is 19.6 Å². The van der Waals surface area contributed by atoms with E-state index in [0.717, 1.165) is 67.2 Å². The van der Waals surface area contributed by atoms with Gasteiger partial charge in [-0.2, -0.15) is 13.2 Å².